The van der Waals surface area contributed by atoms with Crippen LogP contribution in [0.2, 0.25) is 0 Å². The van der Waals surface area contributed by atoms with Gasteiger partial charge in [-0.2, -0.15) is 0 Å². The molecule has 0 unspecified atom stereocenters. The van der Waals surface area contributed by atoms with Crippen molar-refractivity contribution < 1.29 is 34.2 Å². The average molecular weight is 437 g/mol. The normalized spacial score (nSPS) is 14.4. The molecule has 4 amide bonds. The molecule has 170 valence electrons. The summed E-state index contributed by atoms with van der Waals surface area (Å²) < 4.78 is 0. The molecule has 0 spiro atoms. The number of nitrogens with two attached hydrogens (primary N) is 2. The van der Waals surface area contributed by atoms with Crippen LogP contribution in [-0.2, 0) is 30.4 Å². The quantitative estimate of drug-likeness (QED) is 0.165. The molecule has 0 aliphatic heterocycles. The van der Waals surface area contributed by atoms with Crippen LogP contribution in [0.5, 0.6) is 5.75 Å². The molecule has 0 aliphatic carbocycles. The summed E-state index contributed by atoms with van der Waals surface area (Å²) in [4.78, 5) is 59.1. The number of carbonyl (C=O) groups excluding carboxylic acids is 5. The molecule has 0 fully saturated rings. The number of nitrogens with one attached hydrogen (secondary N) is 3. The van der Waals surface area contributed by atoms with E-state index < -0.39 is 60.8 Å². The lowest BCUT2D eigenvalue weighted by molar-refractivity contribution is -0.133. The van der Waals surface area contributed by atoms with Crippen molar-refractivity contribution in [1.29, 1.82) is 0 Å². The number of rotatable bonds is 12. The maximum atomic E-state index is 12.7. The van der Waals surface area contributed by atoms with Gasteiger partial charge in [0.25, 0.3) is 0 Å². The summed E-state index contributed by atoms with van der Waals surface area (Å²) in [6.07, 6.45) is -0.153. The number of carbonyl (C=O) groups is 5. The number of benzene rings is 1. The predicted octanol–water partition coefficient (Wildman–Crippen LogP) is -3.20. The van der Waals surface area contributed by atoms with Crippen LogP contribution in [0.15, 0.2) is 24.3 Å². The molecular weight excluding hydrogens is 410 g/mol. The Kier molecular flexibility index (Phi) is 10.1. The molecule has 0 radical (unpaired) electrons. The Morgan fingerprint density at radius 2 is 1.55 bits per heavy atom. The summed E-state index contributed by atoms with van der Waals surface area (Å²) >= 11 is 0. The third-order valence-electron chi connectivity index (χ3n) is 4.15. The molecule has 31 heavy (non-hydrogen) atoms. The maximum absolute atomic E-state index is 12.7. The van der Waals surface area contributed by atoms with Gasteiger partial charge in [0.15, 0.2) is 0 Å². The second-order valence-corrected chi connectivity index (χ2v) is 6.89. The van der Waals surface area contributed by atoms with Crippen LogP contribution in [0, 0.1) is 0 Å². The zero-order chi connectivity index (χ0) is 23.6. The van der Waals surface area contributed by atoms with Gasteiger partial charge in [0, 0.05) is 6.42 Å². The zero-order valence-electron chi connectivity index (χ0n) is 16.9. The first-order valence-corrected chi connectivity index (χ1v) is 9.36. The summed E-state index contributed by atoms with van der Waals surface area (Å²) in [6, 6.07) is 1.05. The highest BCUT2D eigenvalue weighted by atomic mass is 16.3. The molecular formula is C19H27N5O7. The van der Waals surface area contributed by atoms with Crippen LogP contribution < -0.4 is 27.4 Å². The number of phenols is 1. The van der Waals surface area contributed by atoms with Gasteiger partial charge in [0.2, 0.25) is 23.6 Å². The maximum Gasteiger partial charge on any atom is 0.245 e. The van der Waals surface area contributed by atoms with Crippen molar-refractivity contribution in [3.63, 3.8) is 0 Å². The fourth-order valence-corrected chi connectivity index (χ4v) is 2.48. The van der Waals surface area contributed by atoms with Gasteiger partial charge < -0.3 is 42.4 Å². The molecule has 0 bridgehead atoms. The van der Waals surface area contributed by atoms with E-state index in [1.165, 1.54) is 31.2 Å². The van der Waals surface area contributed by atoms with Gasteiger partial charge in [-0.05, 0) is 24.6 Å². The lowest BCUT2D eigenvalue weighted by atomic mass is 10.0. The van der Waals surface area contributed by atoms with Gasteiger partial charge in [-0.15, -0.1) is 0 Å². The van der Waals surface area contributed by atoms with E-state index in [9.17, 15) is 34.2 Å². The smallest absolute Gasteiger partial charge is 0.245 e. The molecule has 4 atom stereocenters. The Morgan fingerprint density at radius 1 is 1.00 bits per heavy atom. The summed E-state index contributed by atoms with van der Waals surface area (Å²) in [6.45, 7) is 0.636. The molecule has 0 aromatic heterocycles. The number of amides is 4. The molecule has 0 saturated heterocycles. The minimum Gasteiger partial charge on any atom is -0.508 e. The van der Waals surface area contributed by atoms with Crippen molar-refractivity contribution in [2.24, 2.45) is 11.5 Å². The predicted molar refractivity (Wildman–Crippen MR) is 108 cm³/mol. The Morgan fingerprint density at radius 3 is 2.03 bits per heavy atom. The number of phenolic OH excluding ortho intramolecular Hbond substituents is 1. The van der Waals surface area contributed by atoms with E-state index in [2.05, 4.69) is 16.0 Å². The summed E-state index contributed by atoms with van der Waals surface area (Å²) in [7, 11) is 0. The second-order valence-electron chi connectivity index (χ2n) is 6.89. The Balaban J connectivity index is 3.02. The summed E-state index contributed by atoms with van der Waals surface area (Å²) in [5.41, 5.74) is 11.0. The number of hydrogen-bond donors (Lipinski definition) is 7. The van der Waals surface area contributed by atoms with E-state index in [0.717, 1.165) is 0 Å². The van der Waals surface area contributed by atoms with E-state index in [1.807, 2.05) is 0 Å². The van der Waals surface area contributed by atoms with Crippen LogP contribution in [0.25, 0.3) is 0 Å². The van der Waals surface area contributed by atoms with E-state index in [-0.39, 0.29) is 12.2 Å². The van der Waals surface area contributed by atoms with Crippen LogP contribution >= 0.6 is 0 Å². The zero-order valence-corrected chi connectivity index (χ0v) is 16.9. The average Bonchev–Trinajstić information content (AvgIpc) is 2.71. The lowest BCUT2D eigenvalue weighted by Gasteiger charge is -2.24. The Hall–Kier alpha value is -3.51. The molecule has 0 saturated carbocycles. The standard InChI is InChI=1S/C19H27N5O7/c1-10(20)17(29)24-15(9-26)19(31)23-14(6-11-2-4-13(27)5-3-11)18(30)22-12(8-25)7-16(21)28/h2-5,8,10,12,14-15,26-27H,6-7,9,20H2,1H3,(H2,21,28)(H,22,30)(H,23,31)(H,24,29)/t10-,12-,14-,15-/m1/s1. The minimum absolute atomic E-state index is 0.00442. The van der Waals surface area contributed by atoms with Crippen molar-refractivity contribution in [2.45, 2.75) is 43.9 Å². The topological polar surface area (TPSA) is 214 Å². The first-order valence-electron chi connectivity index (χ1n) is 9.36. The number of aliphatic hydroxyl groups excluding tert-OH is 1. The van der Waals surface area contributed by atoms with Gasteiger partial charge in [-0.25, -0.2) is 0 Å². The number of aliphatic hydroxyl groups is 1. The molecule has 1 rings (SSSR count). The van der Waals surface area contributed by atoms with Crippen molar-refractivity contribution in [3.05, 3.63) is 29.8 Å². The van der Waals surface area contributed by atoms with Crippen molar-refractivity contribution >= 4 is 29.9 Å². The third kappa shape index (κ3) is 8.80. The molecule has 9 N–H and O–H groups in total. The van der Waals surface area contributed by atoms with Crippen molar-refractivity contribution in [3.8, 4) is 5.75 Å². The highest BCUT2D eigenvalue weighted by molar-refractivity contribution is 5.94. The molecule has 12 nitrogen and oxygen atoms in total. The van der Waals surface area contributed by atoms with Crippen LogP contribution in [0.4, 0.5) is 0 Å². The number of primary amides is 1. The van der Waals surface area contributed by atoms with E-state index in [1.54, 1.807) is 0 Å². The Labute approximate surface area is 178 Å². The first-order chi connectivity index (χ1) is 14.6. The van der Waals surface area contributed by atoms with Gasteiger partial charge in [0.1, 0.15) is 24.1 Å². The van der Waals surface area contributed by atoms with Gasteiger partial charge in [0.05, 0.1) is 25.1 Å². The highest BCUT2D eigenvalue weighted by Crippen LogP contribution is 2.12. The number of hydrogen-bond acceptors (Lipinski definition) is 8. The van der Waals surface area contributed by atoms with Crippen LogP contribution in [0.3, 0.4) is 0 Å². The first kappa shape index (κ1) is 25.5. The Bertz CT molecular complexity index is 797. The minimum atomic E-state index is -1.37. The molecule has 12 heteroatoms. The summed E-state index contributed by atoms with van der Waals surface area (Å²) in [5, 5.41) is 25.8. The summed E-state index contributed by atoms with van der Waals surface area (Å²) in [5.74, 6) is -3.16. The van der Waals surface area contributed by atoms with Crippen LogP contribution in [-0.4, -0.2) is 70.9 Å². The molecule has 0 heterocycles. The lowest BCUT2D eigenvalue weighted by Crippen LogP contribution is -2.58. The van der Waals surface area contributed by atoms with Gasteiger partial charge in [-0.3, -0.25) is 19.2 Å². The fourth-order valence-electron chi connectivity index (χ4n) is 2.48. The molecule has 1 aromatic carbocycles. The fraction of sp³-hybridized carbons (Fsp3) is 0.421. The van der Waals surface area contributed by atoms with E-state index in [0.29, 0.717) is 11.8 Å². The van der Waals surface area contributed by atoms with E-state index >= 15 is 0 Å². The van der Waals surface area contributed by atoms with Gasteiger partial charge in [-0.1, -0.05) is 12.1 Å². The third-order valence-corrected chi connectivity index (χ3v) is 4.15. The second kappa shape index (κ2) is 12.2. The van der Waals surface area contributed by atoms with Crippen molar-refractivity contribution in [1.82, 2.24) is 16.0 Å². The SMILES string of the molecule is C[C@@H](N)C(=O)N[C@H](CO)C(=O)N[C@H](Cc1ccc(O)cc1)C(=O)N[C@@H](C=O)CC(N)=O. The molecule has 0 aliphatic rings. The van der Waals surface area contributed by atoms with Gasteiger partial charge >= 0.3 is 0 Å². The number of aromatic hydroxyl groups is 1. The van der Waals surface area contributed by atoms with E-state index in [4.69, 9.17) is 11.5 Å². The molecule has 1 aromatic rings. The van der Waals surface area contributed by atoms with Crippen LogP contribution in [0.1, 0.15) is 18.9 Å². The highest BCUT2D eigenvalue weighted by Gasteiger charge is 2.28. The van der Waals surface area contributed by atoms with Crippen molar-refractivity contribution in [2.75, 3.05) is 6.61 Å². The largest absolute Gasteiger partial charge is 0.508 e. The number of aldehydes is 1. The monoisotopic (exact) mass is 437 g/mol.